The zero-order chi connectivity index (χ0) is 14.5. The standard InChI is InChI=1S/C16H24N2O2/c1-3-15-12-17(13(2)16(19)20)9-10-18(15)11-14-7-5-4-6-8-14/h4-8,13,15H,3,9-12H2,1-2H3,(H,19,20). The van der Waals surface area contributed by atoms with Gasteiger partial charge in [0.15, 0.2) is 0 Å². The lowest BCUT2D eigenvalue weighted by Gasteiger charge is -2.42. The number of piperazine rings is 1. The predicted molar refractivity (Wildman–Crippen MR) is 79.6 cm³/mol. The van der Waals surface area contributed by atoms with Gasteiger partial charge in [-0.25, -0.2) is 0 Å². The Balaban J connectivity index is 1.98. The van der Waals surface area contributed by atoms with E-state index in [1.807, 2.05) is 6.07 Å². The van der Waals surface area contributed by atoms with Crippen molar-refractivity contribution in [1.82, 2.24) is 9.80 Å². The van der Waals surface area contributed by atoms with Crippen molar-refractivity contribution < 1.29 is 9.90 Å². The maximum Gasteiger partial charge on any atom is 0.320 e. The van der Waals surface area contributed by atoms with E-state index in [2.05, 4.69) is 41.0 Å². The Morgan fingerprint density at radius 3 is 2.65 bits per heavy atom. The molecule has 1 aromatic rings. The summed E-state index contributed by atoms with van der Waals surface area (Å²) in [6, 6.07) is 10.5. The van der Waals surface area contributed by atoms with Crippen molar-refractivity contribution >= 4 is 5.97 Å². The van der Waals surface area contributed by atoms with Gasteiger partial charge >= 0.3 is 5.97 Å². The maximum atomic E-state index is 11.1. The van der Waals surface area contributed by atoms with E-state index in [9.17, 15) is 4.79 Å². The molecule has 1 aliphatic heterocycles. The monoisotopic (exact) mass is 276 g/mol. The fourth-order valence-corrected chi connectivity index (χ4v) is 2.84. The van der Waals surface area contributed by atoms with Gasteiger partial charge in [0.05, 0.1) is 0 Å². The van der Waals surface area contributed by atoms with Crippen LogP contribution in [0.15, 0.2) is 30.3 Å². The fraction of sp³-hybridized carbons (Fsp3) is 0.562. The summed E-state index contributed by atoms with van der Waals surface area (Å²) in [5, 5.41) is 9.14. The van der Waals surface area contributed by atoms with Crippen LogP contribution in [-0.4, -0.2) is 52.6 Å². The highest BCUT2D eigenvalue weighted by Gasteiger charge is 2.30. The van der Waals surface area contributed by atoms with Crippen molar-refractivity contribution in [1.29, 1.82) is 0 Å². The van der Waals surface area contributed by atoms with Crippen LogP contribution >= 0.6 is 0 Å². The largest absolute Gasteiger partial charge is 0.480 e. The molecular weight excluding hydrogens is 252 g/mol. The molecule has 2 atom stereocenters. The van der Waals surface area contributed by atoms with Crippen LogP contribution in [0.2, 0.25) is 0 Å². The molecule has 0 aromatic heterocycles. The summed E-state index contributed by atoms with van der Waals surface area (Å²) in [7, 11) is 0. The van der Waals surface area contributed by atoms with E-state index in [1.54, 1.807) is 6.92 Å². The molecule has 4 nitrogen and oxygen atoms in total. The summed E-state index contributed by atoms with van der Waals surface area (Å²) in [5.41, 5.74) is 1.32. The second-order valence-corrected chi connectivity index (χ2v) is 5.53. The van der Waals surface area contributed by atoms with Crippen molar-refractivity contribution in [3.63, 3.8) is 0 Å². The summed E-state index contributed by atoms with van der Waals surface area (Å²) < 4.78 is 0. The lowest BCUT2D eigenvalue weighted by Crippen LogP contribution is -2.56. The van der Waals surface area contributed by atoms with E-state index < -0.39 is 5.97 Å². The number of carboxylic acids is 1. The zero-order valence-electron chi connectivity index (χ0n) is 12.3. The van der Waals surface area contributed by atoms with Gasteiger partial charge in [0.25, 0.3) is 0 Å². The van der Waals surface area contributed by atoms with Crippen LogP contribution < -0.4 is 0 Å². The molecule has 2 unspecified atom stereocenters. The van der Waals surface area contributed by atoms with Gasteiger partial charge in [-0.3, -0.25) is 14.6 Å². The molecule has 0 aliphatic carbocycles. The molecule has 1 aliphatic rings. The molecule has 4 heteroatoms. The quantitative estimate of drug-likeness (QED) is 0.894. The highest BCUT2D eigenvalue weighted by atomic mass is 16.4. The summed E-state index contributed by atoms with van der Waals surface area (Å²) in [5.74, 6) is -0.726. The van der Waals surface area contributed by atoms with Gasteiger partial charge in [-0.15, -0.1) is 0 Å². The molecule has 1 saturated heterocycles. The Morgan fingerprint density at radius 1 is 1.35 bits per heavy atom. The summed E-state index contributed by atoms with van der Waals surface area (Å²) in [6.07, 6.45) is 1.05. The van der Waals surface area contributed by atoms with E-state index >= 15 is 0 Å². The topological polar surface area (TPSA) is 43.8 Å². The van der Waals surface area contributed by atoms with Gasteiger partial charge in [-0.05, 0) is 18.9 Å². The third-order valence-corrected chi connectivity index (χ3v) is 4.24. The van der Waals surface area contributed by atoms with Gasteiger partial charge in [0.2, 0.25) is 0 Å². The van der Waals surface area contributed by atoms with Gasteiger partial charge in [0.1, 0.15) is 6.04 Å². The molecular formula is C16H24N2O2. The molecule has 0 saturated carbocycles. The highest BCUT2D eigenvalue weighted by molar-refractivity contribution is 5.72. The number of aliphatic carboxylic acids is 1. The lowest BCUT2D eigenvalue weighted by atomic mass is 10.1. The maximum absolute atomic E-state index is 11.1. The van der Waals surface area contributed by atoms with Gasteiger partial charge in [-0.1, -0.05) is 37.3 Å². The smallest absolute Gasteiger partial charge is 0.320 e. The predicted octanol–water partition coefficient (Wildman–Crippen LogP) is 2.06. The first kappa shape index (κ1) is 15.0. The Bertz CT molecular complexity index is 435. The number of carbonyl (C=O) groups is 1. The molecule has 0 spiro atoms. The normalized spacial score (nSPS) is 22.6. The van der Waals surface area contributed by atoms with Gasteiger partial charge in [0, 0.05) is 32.2 Å². The number of hydrogen-bond donors (Lipinski definition) is 1. The van der Waals surface area contributed by atoms with Crippen molar-refractivity contribution in [2.75, 3.05) is 19.6 Å². The second-order valence-electron chi connectivity index (χ2n) is 5.53. The first-order chi connectivity index (χ1) is 9.61. The molecule has 0 amide bonds. The Kier molecular flexibility index (Phi) is 5.15. The Labute approximate surface area is 121 Å². The molecule has 0 bridgehead atoms. The average molecular weight is 276 g/mol. The molecule has 110 valence electrons. The summed E-state index contributed by atoms with van der Waals surface area (Å²) in [4.78, 5) is 15.7. The number of carboxylic acid groups (broad SMARTS) is 1. The minimum atomic E-state index is -0.726. The van der Waals surface area contributed by atoms with Crippen molar-refractivity contribution in [2.45, 2.75) is 38.9 Å². The molecule has 1 fully saturated rings. The van der Waals surface area contributed by atoms with Crippen molar-refractivity contribution in [2.24, 2.45) is 0 Å². The average Bonchev–Trinajstić information content (AvgIpc) is 2.48. The van der Waals surface area contributed by atoms with E-state index in [0.29, 0.717) is 6.04 Å². The van der Waals surface area contributed by atoms with Crippen LogP contribution in [0.5, 0.6) is 0 Å². The van der Waals surface area contributed by atoms with Crippen LogP contribution in [-0.2, 0) is 11.3 Å². The van der Waals surface area contributed by atoms with E-state index in [-0.39, 0.29) is 6.04 Å². The summed E-state index contributed by atoms with van der Waals surface area (Å²) in [6.45, 7) is 7.52. The first-order valence-electron chi connectivity index (χ1n) is 7.36. The number of hydrogen-bond acceptors (Lipinski definition) is 3. The minimum Gasteiger partial charge on any atom is -0.480 e. The molecule has 2 rings (SSSR count). The molecule has 20 heavy (non-hydrogen) atoms. The number of benzene rings is 1. The van der Waals surface area contributed by atoms with Crippen molar-refractivity contribution in [3.8, 4) is 0 Å². The van der Waals surface area contributed by atoms with Gasteiger partial charge in [-0.2, -0.15) is 0 Å². The van der Waals surface area contributed by atoms with E-state index in [1.165, 1.54) is 5.56 Å². The van der Waals surface area contributed by atoms with Crippen molar-refractivity contribution in [3.05, 3.63) is 35.9 Å². The molecule has 0 radical (unpaired) electrons. The van der Waals surface area contributed by atoms with Crippen LogP contribution in [0, 0.1) is 0 Å². The highest BCUT2D eigenvalue weighted by Crippen LogP contribution is 2.18. The number of nitrogens with zero attached hydrogens (tertiary/aromatic N) is 2. The summed E-state index contributed by atoms with van der Waals surface area (Å²) >= 11 is 0. The van der Waals surface area contributed by atoms with Crippen LogP contribution in [0.4, 0.5) is 0 Å². The second kappa shape index (κ2) is 6.86. The van der Waals surface area contributed by atoms with Gasteiger partial charge < -0.3 is 5.11 Å². The molecule has 1 aromatic carbocycles. The fourth-order valence-electron chi connectivity index (χ4n) is 2.84. The third-order valence-electron chi connectivity index (χ3n) is 4.24. The van der Waals surface area contributed by atoms with Crippen LogP contribution in [0.3, 0.4) is 0 Å². The minimum absolute atomic E-state index is 0.386. The third kappa shape index (κ3) is 3.58. The first-order valence-corrected chi connectivity index (χ1v) is 7.36. The Hall–Kier alpha value is -1.39. The molecule has 1 N–H and O–H groups in total. The lowest BCUT2D eigenvalue weighted by molar-refractivity contribution is -0.143. The number of rotatable bonds is 5. The van der Waals surface area contributed by atoms with E-state index in [0.717, 1.165) is 32.6 Å². The SMILES string of the molecule is CCC1CN(C(C)C(=O)O)CCN1Cc1ccccc1. The zero-order valence-corrected chi connectivity index (χ0v) is 12.3. The van der Waals surface area contributed by atoms with E-state index in [4.69, 9.17) is 5.11 Å². The van der Waals surface area contributed by atoms with Crippen LogP contribution in [0.25, 0.3) is 0 Å². The Morgan fingerprint density at radius 2 is 2.05 bits per heavy atom. The van der Waals surface area contributed by atoms with Crippen LogP contribution in [0.1, 0.15) is 25.8 Å². The molecule has 1 heterocycles.